The highest BCUT2D eigenvalue weighted by molar-refractivity contribution is 6.24. The zero-order valence-corrected chi connectivity index (χ0v) is 12.2. The molecule has 0 heteroatoms. The van der Waals surface area contributed by atoms with E-state index in [2.05, 4.69) is 48.5 Å². The van der Waals surface area contributed by atoms with Gasteiger partial charge in [-0.15, -0.1) is 0 Å². The minimum absolute atomic E-state index is 1.22. The largest absolute Gasteiger partial charge is 0.0578 e. The number of rotatable bonds is 0. The maximum atomic E-state index is 2.37. The van der Waals surface area contributed by atoms with Crippen molar-refractivity contribution in [1.29, 1.82) is 0 Å². The molecule has 4 aromatic rings. The van der Waals surface area contributed by atoms with Crippen molar-refractivity contribution in [3.05, 3.63) is 59.7 Å². The molecule has 1 aliphatic carbocycles. The Hall–Kier alpha value is -2.08. The molecular formula is C21H18. The molecule has 2 bridgehead atoms. The van der Waals surface area contributed by atoms with Gasteiger partial charge in [0.05, 0.1) is 0 Å². The summed E-state index contributed by atoms with van der Waals surface area (Å²) in [5.74, 6) is 0. The number of benzene rings is 4. The molecule has 0 nitrogen and oxygen atoms in total. The molecule has 0 heterocycles. The molecule has 0 unspecified atom stereocenters. The highest BCUT2D eigenvalue weighted by Crippen LogP contribution is 2.38. The van der Waals surface area contributed by atoms with Gasteiger partial charge in [-0.2, -0.15) is 0 Å². The molecule has 0 saturated carbocycles. The SMILES string of the molecule is c1cc2ccc3ccc4c5ccc(c1CCCCC4)c2c35. The van der Waals surface area contributed by atoms with Crippen LogP contribution in [0, 0.1) is 0 Å². The third kappa shape index (κ3) is 1.56. The molecular weight excluding hydrogens is 252 g/mol. The quantitative estimate of drug-likeness (QED) is 0.351. The lowest BCUT2D eigenvalue weighted by Crippen LogP contribution is -1.91. The minimum atomic E-state index is 1.22. The van der Waals surface area contributed by atoms with Crippen molar-refractivity contribution in [2.45, 2.75) is 32.1 Å². The molecule has 0 N–H and O–H groups in total. The Kier molecular flexibility index (Phi) is 2.32. The Labute approximate surface area is 124 Å². The van der Waals surface area contributed by atoms with Crippen LogP contribution in [0.2, 0.25) is 0 Å². The number of hydrogen-bond acceptors (Lipinski definition) is 0. The van der Waals surface area contributed by atoms with E-state index >= 15 is 0 Å². The van der Waals surface area contributed by atoms with Gasteiger partial charge in [-0.1, -0.05) is 55.0 Å². The van der Waals surface area contributed by atoms with Gasteiger partial charge in [0.2, 0.25) is 0 Å². The summed E-state index contributed by atoms with van der Waals surface area (Å²) >= 11 is 0. The Morgan fingerprint density at radius 2 is 0.952 bits per heavy atom. The molecule has 0 spiro atoms. The summed E-state index contributed by atoms with van der Waals surface area (Å²) < 4.78 is 0. The van der Waals surface area contributed by atoms with E-state index in [4.69, 9.17) is 0 Å². The van der Waals surface area contributed by atoms with Crippen LogP contribution in [-0.2, 0) is 12.8 Å². The zero-order valence-electron chi connectivity index (χ0n) is 12.2. The fraction of sp³-hybridized carbons (Fsp3) is 0.238. The van der Waals surface area contributed by atoms with Crippen molar-refractivity contribution in [3.8, 4) is 0 Å². The van der Waals surface area contributed by atoms with E-state index in [1.807, 2.05) is 0 Å². The van der Waals surface area contributed by atoms with E-state index in [-0.39, 0.29) is 0 Å². The number of aryl methyl sites for hydroxylation is 2. The predicted molar refractivity (Wildman–Crippen MR) is 91.4 cm³/mol. The molecule has 0 amide bonds. The number of hydrogen-bond donors (Lipinski definition) is 0. The molecule has 5 rings (SSSR count). The zero-order chi connectivity index (χ0) is 13.8. The summed E-state index contributed by atoms with van der Waals surface area (Å²) in [5.41, 5.74) is 3.06. The summed E-state index contributed by atoms with van der Waals surface area (Å²) in [4.78, 5) is 0. The Morgan fingerprint density at radius 1 is 0.476 bits per heavy atom. The van der Waals surface area contributed by atoms with Crippen LogP contribution in [0.25, 0.3) is 32.3 Å². The second-order valence-electron chi connectivity index (χ2n) is 6.43. The molecule has 0 aliphatic heterocycles. The molecule has 0 saturated heterocycles. The lowest BCUT2D eigenvalue weighted by molar-refractivity contribution is 0.682. The highest BCUT2D eigenvalue weighted by atomic mass is 14.2. The van der Waals surface area contributed by atoms with Gasteiger partial charge in [0.15, 0.2) is 0 Å². The Bertz CT molecular complexity index is 883. The highest BCUT2D eigenvalue weighted by Gasteiger charge is 2.13. The molecule has 0 aromatic heterocycles. The van der Waals surface area contributed by atoms with E-state index in [1.165, 1.54) is 75.5 Å². The van der Waals surface area contributed by atoms with Crippen LogP contribution in [0.5, 0.6) is 0 Å². The van der Waals surface area contributed by atoms with Crippen molar-refractivity contribution in [1.82, 2.24) is 0 Å². The summed E-state index contributed by atoms with van der Waals surface area (Å²) in [6.45, 7) is 0. The van der Waals surface area contributed by atoms with Crippen molar-refractivity contribution < 1.29 is 0 Å². The summed E-state index contributed by atoms with van der Waals surface area (Å²) in [7, 11) is 0. The van der Waals surface area contributed by atoms with Gasteiger partial charge < -0.3 is 0 Å². The maximum absolute atomic E-state index is 2.37. The second-order valence-corrected chi connectivity index (χ2v) is 6.43. The minimum Gasteiger partial charge on any atom is -0.0578 e. The molecule has 21 heavy (non-hydrogen) atoms. The van der Waals surface area contributed by atoms with E-state index in [0.29, 0.717) is 0 Å². The average molecular weight is 270 g/mol. The first-order valence-electron chi connectivity index (χ1n) is 8.10. The predicted octanol–water partition coefficient (Wildman–Crippen LogP) is 5.85. The average Bonchev–Trinajstić information content (AvgIpc) is 2.59. The molecule has 1 aliphatic rings. The topological polar surface area (TPSA) is 0 Å². The first-order valence-corrected chi connectivity index (χ1v) is 8.10. The van der Waals surface area contributed by atoms with Crippen LogP contribution in [0.4, 0.5) is 0 Å². The van der Waals surface area contributed by atoms with Crippen LogP contribution in [0.1, 0.15) is 30.4 Å². The van der Waals surface area contributed by atoms with Gasteiger partial charge in [-0.25, -0.2) is 0 Å². The maximum Gasteiger partial charge on any atom is -0.00239 e. The van der Waals surface area contributed by atoms with E-state index in [9.17, 15) is 0 Å². The first-order chi connectivity index (χ1) is 10.4. The Balaban J connectivity index is 2.08. The lowest BCUT2D eigenvalue weighted by atomic mass is 9.89. The molecule has 102 valence electrons. The van der Waals surface area contributed by atoms with E-state index < -0.39 is 0 Å². The second kappa shape index (κ2) is 4.21. The molecule has 4 aromatic carbocycles. The van der Waals surface area contributed by atoms with Crippen molar-refractivity contribution in [2.75, 3.05) is 0 Å². The van der Waals surface area contributed by atoms with Gasteiger partial charge in [-0.05, 0) is 69.1 Å². The molecule has 0 atom stereocenters. The lowest BCUT2D eigenvalue weighted by Gasteiger charge is -2.15. The van der Waals surface area contributed by atoms with Crippen molar-refractivity contribution in [3.63, 3.8) is 0 Å². The fourth-order valence-electron chi connectivity index (χ4n) is 4.17. The van der Waals surface area contributed by atoms with Gasteiger partial charge in [0.25, 0.3) is 0 Å². The first kappa shape index (κ1) is 11.6. The van der Waals surface area contributed by atoms with Crippen LogP contribution in [-0.4, -0.2) is 0 Å². The summed E-state index contributed by atoms with van der Waals surface area (Å²) in [6, 6.07) is 18.6. The van der Waals surface area contributed by atoms with Gasteiger partial charge >= 0.3 is 0 Å². The van der Waals surface area contributed by atoms with E-state index in [1.54, 1.807) is 0 Å². The van der Waals surface area contributed by atoms with Crippen LogP contribution in [0.15, 0.2) is 48.5 Å². The third-order valence-electron chi connectivity index (χ3n) is 5.24. The number of fused-ring (bicyclic) bond motifs is 1. The van der Waals surface area contributed by atoms with Crippen LogP contribution < -0.4 is 0 Å². The third-order valence-corrected chi connectivity index (χ3v) is 5.24. The summed E-state index contributed by atoms with van der Waals surface area (Å²) in [5, 5.41) is 8.72. The van der Waals surface area contributed by atoms with Gasteiger partial charge in [0.1, 0.15) is 0 Å². The van der Waals surface area contributed by atoms with E-state index in [0.717, 1.165) is 0 Å². The molecule has 0 radical (unpaired) electrons. The van der Waals surface area contributed by atoms with Crippen molar-refractivity contribution >= 4 is 32.3 Å². The standard InChI is InChI=1S/C21H18/c1-2-4-14-6-8-16-10-11-17-9-7-15(5-3-1)19-13-12-18(14)20(16)21(17)19/h6-13H,1-5H2. The molecule has 0 fully saturated rings. The summed E-state index contributed by atoms with van der Waals surface area (Å²) in [6.07, 6.45) is 6.40. The normalized spacial score (nSPS) is 15.6. The van der Waals surface area contributed by atoms with Crippen LogP contribution >= 0.6 is 0 Å². The smallest absolute Gasteiger partial charge is 0.00239 e. The fourth-order valence-corrected chi connectivity index (χ4v) is 4.17. The Morgan fingerprint density at radius 3 is 1.48 bits per heavy atom. The van der Waals surface area contributed by atoms with Crippen LogP contribution in [0.3, 0.4) is 0 Å². The van der Waals surface area contributed by atoms with Gasteiger partial charge in [0, 0.05) is 0 Å². The monoisotopic (exact) mass is 270 g/mol. The van der Waals surface area contributed by atoms with Gasteiger partial charge in [-0.3, -0.25) is 0 Å². The van der Waals surface area contributed by atoms with Crippen molar-refractivity contribution in [2.24, 2.45) is 0 Å².